The van der Waals surface area contributed by atoms with Crippen molar-refractivity contribution in [2.45, 2.75) is 6.54 Å². The topological polar surface area (TPSA) is 78.4 Å². The van der Waals surface area contributed by atoms with Crippen LogP contribution < -0.4 is 0 Å². The van der Waals surface area contributed by atoms with Crippen LogP contribution in [0.1, 0.15) is 15.9 Å². The van der Waals surface area contributed by atoms with Gasteiger partial charge in [-0.05, 0) is 29.8 Å². The van der Waals surface area contributed by atoms with Gasteiger partial charge in [-0.25, -0.2) is 4.79 Å². The third-order valence-electron chi connectivity index (χ3n) is 4.52. The first kappa shape index (κ1) is 15.8. The van der Waals surface area contributed by atoms with Crippen LogP contribution in [0.3, 0.4) is 0 Å². The zero-order chi connectivity index (χ0) is 17.2. The van der Waals surface area contributed by atoms with Crippen LogP contribution in [0.25, 0.3) is 22.2 Å². The van der Waals surface area contributed by atoms with E-state index in [4.69, 9.17) is 9.84 Å². The first-order valence-corrected chi connectivity index (χ1v) is 8.31. The molecule has 2 heterocycles. The van der Waals surface area contributed by atoms with E-state index in [0.29, 0.717) is 0 Å². The number of hydrogen-bond acceptors (Lipinski definition) is 4. The Hall–Kier alpha value is -2.70. The van der Waals surface area contributed by atoms with E-state index in [1.54, 1.807) is 12.1 Å². The molecule has 0 amide bonds. The minimum absolute atomic E-state index is 0.253. The summed E-state index contributed by atoms with van der Waals surface area (Å²) in [6, 6.07) is 13.4. The van der Waals surface area contributed by atoms with Crippen molar-refractivity contribution >= 4 is 16.9 Å². The smallest absolute Gasteiger partial charge is 0.335 e. The Balaban J connectivity index is 1.64. The molecular formula is C19H19N3O3. The maximum absolute atomic E-state index is 11.1. The van der Waals surface area contributed by atoms with Gasteiger partial charge >= 0.3 is 5.97 Å². The Morgan fingerprint density at radius 2 is 2.04 bits per heavy atom. The van der Waals surface area contributed by atoms with Crippen LogP contribution in [-0.2, 0) is 11.3 Å². The predicted molar refractivity (Wildman–Crippen MR) is 94.6 cm³/mol. The number of carbonyl (C=O) groups is 1. The summed E-state index contributed by atoms with van der Waals surface area (Å²) in [6.45, 7) is 4.37. The van der Waals surface area contributed by atoms with Crippen molar-refractivity contribution in [2.24, 2.45) is 0 Å². The van der Waals surface area contributed by atoms with Gasteiger partial charge in [-0.15, -0.1) is 0 Å². The number of benzene rings is 2. The second-order valence-electron chi connectivity index (χ2n) is 6.23. The summed E-state index contributed by atoms with van der Waals surface area (Å²) >= 11 is 0. The second kappa shape index (κ2) is 6.66. The first-order valence-electron chi connectivity index (χ1n) is 8.31. The fraction of sp³-hybridized carbons (Fsp3) is 0.263. The molecule has 2 N–H and O–H groups in total. The Bertz CT molecular complexity index is 913. The van der Waals surface area contributed by atoms with Crippen molar-refractivity contribution in [3.63, 3.8) is 0 Å². The third kappa shape index (κ3) is 3.26. The lowest BCUT2D eigenvalue weighted by atomic mass is 10.0. The number of H-pyrrole nitrogens is 1. The first-order chi connectivity index (χ1) is 12.2. The van der Waals surface area contributed by atoms with Crippen LogP contribution >= 0.6 is 0 Å². The minimum Gasteiger partial charge on any atom is -0.478 e. The summed E-state index contributed by atoms with van der Waals surface area (Å²) in [7, 11) is 0. The van der Waals surface area contributed by atoms with Gasteiger partial charge in [0.05, 0.1) is 30.0 Å². The molecular weight excluding hydrogens is 318 g/mol. The monoisotopic (exact) mass is 337 g/mol. The van der Waals surface area contributed by atoms with Crippen LogP contribution in [0.4, 0.5) is 0 Å². The van der Waals surface area contributed by atoms with E-state index in [-0.39, 0.29) is 5.56 Å². The number of nitrogens with zero attached hydrogens (tertiary/aromatic N) is 2. The molecule has 0 saturated carbocycles. The fourth-order valence-corrected chi connectivity index (χ4v) is 3.21. The zero-order valence-electron chi connectivity index (χ0n) is 13.7. The molecule has 0 radical (unpaired) electrons. The summed E-state index contributed by atoms with van der Waals surface area (Å²) in [5.74, 6) is -0.939. The Morgan fingerprint density at radius 3 is 2.84 bits per heavy atom. The molecule has 1 aromatic heterocycles. The third-order valence-corrected chi connectivity index (χ3v) is 4.52. The molecule has 3 aromatic rings. The van der Waals surface area contributed by atoms with Gasteiger partial charge in [0.1, 0.15) is 0 Å². The number of rotatable bonds is 4. The maximum Gasteiger partial charge on any atom is 0.335 e. The molecule has 1 aliphatic heterocycles. The van der Waals surface area contributed by atoms with Gasteiger partial charge in [-0.3, -0.25) is 10.00 Å². The average molecular weight is 337 g/mol. The van der Waals surface area contributed by atoms with Crippen LogP contribution in [0.15, 0.2) is 42.5 Å². The summed E-state index contributed by atoms with van der Waals surface area (Å²) in [5.41, 5.74) is 4.09. The molecule has 1 aliphatic rings. The largest absolute Gasteiger partial charge is 0.478 e. The van der Waals surface area contributed by atoms with Crippen LogP contribution in [0.2, 0.25) is 0 Å². The Morgan fingerprint density at radius 1 is 1.20 bits per heavy atom. The maximum atomic E-state index is 11.1. The predicted octanol–water partition coefficient (Wildman–Crippen LogP) is 2.76. The van der Waals surface area contributed by atoms with Crippen molar-refractivity contribution in [3.05, 3.63) is 53.6 Å². The van der Waals surface area contributed by atoms with Gasteiger partial charge in [0.15, 0.2) is 0 Å². The van der Waals surface area contributed by atoms with Crippen molar-refractivity contribution in [1.82, 2.24) is 15.1 Å². The number of aromatic nitrogens is 2. The highest BCUT2D eigenvalue weighted by atomic mass is 16.5. The van der Waals surface area contributed by atoms with Gasteiger partial charge in [0.2, 0.25) is 0 Å². The standard InChI is InChI=1S/C19H19N3O3/c23-19(24)15-4-5-16-17(11-15)20-21-18(16)14-3-1-2-13(10-14)12-22-6-8-25-9-7-22/h1-5,10-11H,6-9,12H2,(H,20,21)(H,23,24). The number of hydrogen-bond donors (Lipinski definition) is 2. The number of fused-ring (bicyclic) bond motifs is 1. The normalized spacial score (nSPS) is 15.5. The highest BCUT2D eigenvalue weighted by Crippen LogP contribution is 2.28. The highest BCUT2D eigenvalue weighted by Gasteiger charge is 2.13. The van der Waals surface area contributed by atoms with Gasteiger partial charge < -0.3 is 9.84 Å². The minimum atomic E-state index is -0.939. The highest BCUT2D eigenvalue weighted by molar-refractivity contribution is 5.98. The van der Waals surface area contributed by atoms with E-state index in [0.717, 1.165) is 55.0 Å². The Labute approximate surface area is 145 Å². The molecule has 128 valence electrons. The van der Waals surface area contributed by atoms with E-state index < -0.39 is 5.97 Å². The molecule has 4 rings (SSSR count). The number of aromatic carboxylic acids is 1. The summed E-state index contributed by atoms with van der Waals surface area (Å²) in [6.07, 6.45) is 0. The van der Waals surface area contributed by atoms with Crippen LogP contribution in [0.5, 0.6) is 0 Å². The van der Waals surface area contributed by atoms with E-state index >= 15 is 0 Å². The SMILES string of the molecule is O=C(O)c1ccc2c(-c3cccc(CN4CCOCC4)c3)n[nH]c2c1. The second-order valence-corrected chi connectivity index (χ2v) is 6.23. The molecule has 25 heavy (non-hydrogen) atoms. The number of ether oxygens (including phenoxy) is 1. The van der Waals surface area contributed by atoms with E-state index in [1.807, 2.05) is 18.2 Å². The van der Waals surface area contributed by atoms with Crippen LogP contribution in [0, 0.1) is 0 Å². The lowest BCUT2D eigenvalue weighted by molar-refractivity contribution is 0.0342. The molecule has 6 heteroatoms. The van der Waals surface area contributed by atoms with Crippen molar-refractivity contribution < 1.29 is 14.6 Å². The average Bonchev–Trinajstić information content (AvgIpc) is 3.06. The number of morpholine rings is 1. The van der Waals surface area contributed by atoms with Gasteiger partial charge in [0.25, 0.3) is 0 Å². The molecule has 0 bridgehead atoms. The van der Waals surface area contributed by atoms with Gasteiger partial charge in [-0.2, -0.15) is 5.10 Å². The quantitative estimate of drug-likeness (QED) is 0.765. The fourth-order valence-electron chi connectivity index (χ4n) is 3.21. The van der Waals surface area contributed by atoms with Crippen LogP contribution in [-0.4, -0.2) is 52.5 Å². The lowest BCUT2D eigenvalue weighted by Crippen LogP contribution is -2.35. The Kier molecular flexibility index (Phi) is 4.21. The number of carboxylic acid groups (broad SMARTS) is 1. The lowest BCUT2D eigenvalue weighted by Gasteiger charge is -2.26. The summed E-state index contributed by atoms with van der Waals surface area (Å²) < 4.78 is 5.40. The molecule has 0 aliphatic carbocycles. The van der Waals surface area contributed by atoms with E-state index in [1.165, 1.54) is 5.56 Å². The molecule has 6 nitrogen and oxygen atoms in total. The molecule has 1 fully saturated rings. The molecule has 0 spiro atoms. The summed E-state index contributed by atoms with van der Waals surface area (Å²) in [4.78, 5) is 13.5. The van der Waals surface area contributed by atoms with Gasteiger partial charge in [0, 0.05) is 30.6 Å². The van der Waals surface area contributed by atoms with Crippen molar-refractivity contribution in [2.75, 3.05) is 26.3 Å². The number of carboxylic acids is 1. The van der Waals surface area contributed by atoms with E-state index in [9.17, 15) is 4.79 Å². The van der Waals surface area contributed by atoms with Gasteiger partial charge in [-0.1, -0.05) is 18.2 Å². The number of aromatic amines is 1. The molecule has 0 unspecified atom stereocenters. The van der Waals surface area contributed by atoms with Crippen molar-refractivity contribution in [1.29, 1.82) is 0 Å². The van der Waals surface area contributed by atoms with E-state index in [2.05, 4.69) is 27.2 Å². The zero-order valence-corrected chi connectivity index (χ0v) is 13.7. The molecule has 0 atom stereocenters. The van der Waals surface area contributed by atoms with Crippen molar-refractivity contribution in [3.8, 4) is 11.3 Å². The summed E-state index contributed by atoms with van der Waals surface area (Å²) in [5, 5.41) is 17.4. The molecule has 1 saturated heterocycles. The number of nitrogens with one attached hydrogen (secondary N) is 1. The molecule has 2 aromatic carbocycles.